The first-order chi connectivity index (χ1) is 4.70. The fourth-order valence-corrected chi connectivity index (χ4v) is 1.53. The summed E-state index contributed by atoms with van der Waals surface area (Å²) in [6.07, 6.45) is 0. The van der Waals surface area contributed by atoms with Crippen molar-refractivity contribution in [3.05, 3.63) is 28.8 Å². The summed E-state index contributed by atoms with van der Waals surface area (Å²) in [5, 5.41) is 2.08. The molecule has 0 atom stereocenters. The van der Waals surface area contributed by atoms with E-state index in [0.717, 1.165) is 6.54 Å². The first-order valence-corrected chi connectivity index (χ1v) is 4.11. The molecule has 0 amide bonds. The largest absolute Gasteiger partial charge is 1.00 e. The number of hydrogen-bond donors (Lipinski definition) is 0. The zero-order chi connectivity index (χ0) is 7.56. The second-order valence-corrected chi connectivity index (χ2v) is 3.61. The number of rotatable bonds is 2. The van der Waals surface area contributed by atoms with Crippen molar-refractivity contribution in [2.45, 2.75) is 6.54 Å². The Bertz CT molecular complexity index is 208. The van der Waals surface area contributed by atoms with Crippen LogP contribution in [0.4, 0.5) is 0 Å². The predicted octanol–water partition coefficient (Wildman–Crippen LogP) is -1.00. The number of nitrogens with zero attached hydrogens (tertiary/aromatic N) is 1. The summed E-state index contributed by atoms with van der Waals surface area (Å²) in [7, 11) is 4.13. The van der Waals surface area contributed by atoms with Crippen molar-refractivity contribution in [3.63, 3.8) is 0 Å². The van der Waals surface area contributed by atoms with E-state index in [1.54, 1.807) is 11.3 Å². The van der Waals surface area contributed by atoms with E-state index >= 15 is 0 Å². The van der Waals surface area contributed by atoms with Gasteiger partial charge in [0.05, 0.1) is 0 Å². The number of hydrogen-bond acceptors (Lipinski definition) is 2. The second-order valence-electron chi connectivity index (χ2n) is 2.61. The first-order valence-electron chi connectivity index (χ1n) is 3.23. The van der Waals surface area contributed by atoms with Gasteiger partial charge in [-0.15, -0.1) is 10.9 Å². The van der Waals surface area contributed by atoms with Gasteiger partial charge in [-0.1, -0.05) is 0 Å². The summed E-state index contributed by atoms with van der Waals surface area (Å²) in [4.78, 5) is 3.34. The minimum Gasteiger partial charge on any atom is -0.322 e. The van der Waals surface area contributed by atoms with Gasteiger partial charge in [0.15, 0.2) is 0 Å². The average Bonchev–Trinajstić information content (AvgIpc) is 2.15. The van der Waals surface area contributed by atoms with Gasteiger partial charge in [-0.05, 0) is 26.0 Å². The maximum atomic E-state index is 3.93. The molecule has 0 fully saturated rings. The van der Waals surface area contributed by atoms with E-state index in [0.29, 0.717) is 0 Å². The molecule has 0 aliphatic carbocycles. The Hall–Kier alpha value is 0.127. The van der Waals surface area contributed by atoms with Crippen LogP contribution >= 0.6 is 11.3 Å². The fourth-order valence-electron chi connectivity index (χ4n) is 0.848. The summed E-state index contributed by atoms with van der Waals surface area (Å²) in [5.74, 6) is 0. The van der Waals surface area contributed by atoms with Crippen LogP contribution in [0.1, 0.15) is 10.4 Å². The summed E-state index contributed by atoms with van der Waals surface area (Å²) < 4.78 is 0. The van der Waals surface area contributed by atoms with Crippen molar-refractivity contribution in [2.24, 2.45) is 0 Å². The van der Waals surface area contributed by atoms with E-state index in [9.17, 15) is 0 Å². The Kier molecular flexibility index (Phi) is 4.95. The molecule has 0 aliphatic heterocycles. The quantitative estimate of drug-likeness (QED) is 0.397. The van der Waals surface area contributed by atoms with E-state index in [1.807, 2.05) is 0 Å². The van der Waals surface area contributed by atoms with Crippen molar-refractivity contribution in [1.82, 2.24) is 4.90 Å². The fraction of sp³-hybridized carbons (Fsp3) is 0.375. The van der Waals surface area contributed by atoms with Crippen molar-refractivity contribution < 1.29 is 18.9 Å². The standard InChI is InChI=1S/C8H12NS.Li/c1-7-8(4-5-10-7)6-9(2)3;/h4-5H,1,6H2,2-3H3;/q-1;+1. The smallest absolute Gasteiger partial charge is 0.322 e. The van der Waals surface area contributed by atoms with E-state index in [1.165, 1.54) is 10.4 Å². The molecule has 0 aromatic carbocycles. The monoisotopic (exact) mass is 161 g/mol. The Morgan fingerprint density at radius 3 is 2.55 bits per heavy atom. The van der Waals surface area contributed by atoms with Gasteiger partial charge in [-0.2, -0.15) is 16.9 Å². The van der Waals surface area contributed by atoms with Crippen molar-refractivity contribution in [2.75, 3.05) is 14.1 Å². The first kappa shape index (κ1) is 11.1. The van der Waals surface area contributed by atoms with E-state index in [4.69, 9.17) is 0 Å². The Morgan fingerprint density at radius 2 is 2.18 bits per heavy atom. The van der Waals surface area contributed by atoms with Crippen LogP contribution in [0.25, 0.3) is 0 Å². The van der Waals surface area contributed by atoms with Crippen molar-refractivity contribution in [3.8, 4) is 0 Å². The molecule has 1 heterocycles. The van der Waals surface area contributed by atoms with Crippen LogP contribution in [0.5, 0.6) is 0 Å². The Morgan fingerprint density at radius 1 is 1.55 bits per heavy atom. The maximum absolute atomic E-state index is 3.93. The number of thiophene rings is 1. The minimum atomic E-state index is 0. The van der Waals surface area contributed by atoms with Crippen LogP contribution < -0.4 is 18.9 Å². The van der Waals surface area contributed by atoms with Crippen LogP contribution in [-0.4, -0.2) is 19.0 Å². The summed E-state index contributed by atoms with van der Waals surface area (Å²) in [5.41, 5.74) is 1.34. The van der Waals surface area contributed by atoms with Crippen molar-refractivity contribution >= 4 is 11.3 Å². The molecule has 0 saturated heterocycles. The normalized spacial score (nSPS) is 9.73. The molecule has 0 N–H and O–H groups in total. The van der Waals surface area contributed by atoms with Gasteiger partial charge in [0.2, 0.25) is 0 Å². The Labute approximate surface area is 84.6 Å². The van der Waals surface area contributed by atoms with Crippen LogP contribution in [0.2, 0.25) is 0 Å². The van der Waals surface area contributed by atoms with Crippen molar-refractivity contribution in [1.29, 1.82) is 0 Å². The molecule has 3 heteroatoms. The van der Waals surface area contributed by atoms with Gasteiger partial charge in [-0.3, -0.25) is 0 Å². The molecule has 56 valence electrons. The molecule has 0 radical (unpaired) electrons. The van der Waals surface area contributed by atoms with E-state index in [2.05, 4.69) is 37.4 Å². The van der Waals surface area contributed by atoms with Crippen LogP contribution in [0, 0.1) is 6.92 Å². The summed E-state index contributed by atoms with van der Waals surface area (Å²) in [6.45, 7) is 4.93. The third-order valence-corrected chi connectivity index (χ3v) is 2.14. The molecule has 0 saturated carbocycles. The Balaban J connectivity index is 0.000001000. The zero-order valence-corrected chi connectivity index (χ0v) is 8.24. The maximum Gasteiger partial charge on any atom is 1.00 e. The van der Waals surface area contributed by atoms with Crippen LogP contribution in [0.15, 0.2) is 11.4 Å². The average molecular weight is 161 g/mol. The van der Waals surface area contributed by atoms with E-state index < -0.39 is 0 Å². The zero-order valence-electron chi connectivity index (χ0n) is 7.42. The topological polar surface area (TPSA) is 3.24 Å². The van der Waals surface area contributed by atoms with Gasteiger partial charge in [0, 0.05) is 0 Å². The summed E-state index contributed by atoms with van der Waals surface area (Å²) >= 11 is 1.71. The molecule has 1 nitrogen and oxygen atoms in total. The van der Waals surface area contributed by atoms with Gasteiger partial charge < -0.3 is 4.90 Å². The molecular formula is C8H12LiNS. The second kappa shape index (κ2) is 4.90. The van der Waals surface area contributed by atoms with Crippen LogP contribution in [0.3, 0.4) is 0 Å². The molecule has 0 unspecified atom stereocenters. The molecule has 0 bridgehead atoms. The van der Waals surface area contributed by atoms with Gasteiger partial charge >= 0.3 is 18.9 Å². The van der Waals surface area contributed by atoms with E-state index in [-0.39, 0.29) is 18.9 Å². The van der Waals surface area contributed by atoms with Gasteiger partial charge in [-0.25, -0.2) is 6.92 Å². The molecule has 0 aliphatic rings. The minimum absolute atomic E-state index is 0. The molecular weight excluding hydrogens is 149 g/mol. The van der Waals surface area contributed by atoms with Gasteiger partial charge in [0.25, 0.3) is 0 Å². The third-order valence-electron chi connectivity index (χ3n) is 1.32. The molecule has 1 aromatic rings. The SMILES string of the molecule is [CH2-]c1sccc1CN(C)C.[Li+]. The van der Waals surface area contributed by atoms with Gasteiger partial charge in [0.1, 0.15) is 0 Å². The molecule has 1 aromatic heterocycles. The van der Waals surface area contributed by atoms with Crippen LogP contribution in [-0.2, 0) is 6.54 Å². The molecule has 0 spiro atoms. The third kappa shape index (κ3) is 3.35. The molecule has 11 heavy (non-hydrogen) atoms. The predicted molar refractivity (Wildman–Crippen MR) is 46.2 cm³/mol. The summed E-state index contributed by atoms with van der Waals surface area (Å²) in [6, 6.07) is 2.13. The molecule has 1 rings (SSSR count).